The first-order valence-electron chi connectivity index (χ1n) is 7.63. The molecule has 4 heteroatoms. The van der Waals surface area contributed by atoms with E-state index in [1.54, 1.807) is 0 Å². The molecule has 0 heterocycles. The van der Waals surface area contributed by atoms with Crippen LogP contribution >= 0.6 is 0 Å². The largest absolute Gasteiger partial charge is 0.353 e. The molecule has 2 N–H and O–H groups in total. The predicted octanol–water partition coefficient (Wildman–Crippen LogP) is 2.31. The maximum absolute atomic E-state index is 12.4. The molecule has 2 rings (SSSR count). The van der Waals surface area contributed by atoms with Crippen LogP contribution in [0.5, 0.6) is 0 Å². The molecular weight excluding hydrogens is 264 g/mol. The van der Waals surface area contributed by atoms with Crippen LogP contribution in [0.1, 0.15) is 44.2 Å². The summed E-state index contributed by atoms with van der Waals surface area (Å²) < 4.78 is 0. The Labute approximate surface area is 126 Å². The fourth-order valence-corrected chi connectivity index (χ4v) is 2.30. The molecule has 21 heavy (non-hydrogen) atoms. The lowest BCUT2D eigenvalue weighted by Crippen LogP contribution is -2.45. The molecule has 0 spiro atoms. The summed E-state index contributed by atoms with van der Waals surface area (Å²) in [5.41, 5.74) is 1.40. The van der Waals surface area contributed by atoms with Gasteiger partial charge >= 0.3 is 0 Å². The minimum atomic E-state index is -0.827. The lowest BCUT2D eigenvalue weighted by Gasteiger charge is -2.18. The van der Waals surface area contributed by atoms with Crippen molar-refractivity contribution in [3.8, 4) is 0 Å². The van der Waals surface area contributed by atoms with Crippen molar-refractivity contribution in [2.45, 2.75) is 52.6 Å². The second-order valence-electron chi connectivity index (χ2n) is 5.97. The zero-order valence-electron chi connectivity index (χ0n) is 13.0. The number of benzene rings is 1. The highest BCUT2D eigenvalue weighted by atomic mass is 16.2. The number of amides is 2. The fraction of sp³-hybridized carbons (Fsp3) is 0.529. The molecule has 0 saturated heterocycles. The van der Waals surface area contributed by atoms with Gasteiger partial charge in [-0.1, -0.05) is 31.2 Å². The summed E-state index contributed by atoms with van der Waals surface area (Å²) in [4.78, 5) is 24.6. The maximum atomic E-state index is 12.4. The summed E-state index contributed by atoms with van der Waals surface area (Å²) in [6, 6.07) is 8.05. The van der Waals surface area contributed by atoms with E-state index in [0.29, 0.717) is 19.4 Å². The number of hydrogen-bond acceptors (Lipinski definition) is 2. The lowest BCUT2D eigenvalue weighted by molar-refractivity contribution is -0.137. The molecule has 0 radical (unpaired) electrons. The number of aryl methyl sites for hydroxylation is 1. The standard InChI is InChI=1S/C17H24N2O2/c1-4-13(3)19-16(21)17(9-10-17)15(20)18-11-14-8-6-5-7-12(14)2/h5-8,13H,4,9-11H2,1-3H3,(H,18,20)(H,19,21). The Bertz CT molecular complexity index is 535. The van der Waals surface area contributed by atoms with Gasteiger partial charge in [0.05, 0.1) is 0 Å². The van der Waals surface area contributed by atoms with Crippen molar-refractivity contribution < 1.29 is 9.59 Å². The van der Waals surface area contributed by atoms with E-state index in [1.165, 1.54) is 0 Å². The molecule has 1 aliphatic carbocycles. The van der Waals surface area contributed by atoms with Gasteiger partial charge in [-0.2, -0.15) is 0 Å². The van der Waals surface area contributed by atoms with E-state index in [0.717, 1.165) is 17.5 Å². The van der Waals surface area contributed by atoms with Crippen molar-refractivity contribution in [1.29, 1.82) is 0 Å². The van der Waals surface area contributed by atoms with Crippen molar-refractivity contribution in [1.82, 2.24) is 10.6 Å². The maximum Gasteiger partial charge on any atom is 0.235 e. The van der Waals surface area contributed by atoms with Crippen molar-refractivity contribution >= 4 is 11.8 Å². The Balaban J connectivity index is 1.94. The second-order valence-corrected chi connectivity index (χ2v) is 5.97. The van der Waals surface area contributed by atoms with Gasteiger partial charge in [-0.3, -0.25) is 9.59 Å². The van der Waals surface area contributed by atoms with E-state index in [1.807, 2.05) is 45.0 Å². The van der Waals surface area contributed by atoms with Gasteiger partial charge < -0.3 is 10.6 Å². The monoisotopic (exact) mass is 288 g/mol. The number of carbonyl (C=O) groups excluding carboxylic acids is 2. The molecule has 1 unspecified atom stereocenters. The van der Waals surface area contributed by atoms with E-state index in [4.69, 9.17) is 0 Å². The van der Waals surface area contributed by atoms with Gasteiger partial charge in [0.25, 0.3) is 0 Å². The average Bonchev–Trinajstić information content (AvgIpc) is 3.27. The molecule has 1 atom stereocenters. The van der Waals surface area contributed by atoms with Crippen LogP contribution in [0, 0.1) is 12.3 Å². The first kappa shape index (κ1) is 15.5. The normalized spacial score (nSPS) is 16.9. The van der Waals surface area contributed by atoms with Crippen LogP contribution in [-0.4, -0.2) is 17.9 Å². The minimum Gasteiger partial charge on any atom is -0.353 e. The van der Waals surface area contributed by atoms with Gasteiger partial charge in [0.1, 0.15) is 5.41 Å². The van der Waals surface area contributed by atoms with Gasteiger partial charge in [-0.05, 0) is 44.2 Å². The summed E-state index contributed by atoms with van der Waals surface area (Å²) in [7, 11) is 0. The van der Waals surface area contributed by atoms with E-state index in [9.17, 15) is 9.59 Å². The molecule has 4 nitrogen and oxygen atoms in total. The van der Waals surface area contributed by atoms with Crippen LogP contribution in [0.15, 0.2) is 24.3 Å². The van der Waals surface area contributed by atoms with Gasteiger partial charge in [0.2, 0.25) is 11.8 Å². The number of rotatable bonds is 6. The Hall–Kier alpha value is -1.84. The third kappa shape index (κ3) is 3.43. The third-order valence-corrected chi connectivity index (χ3v) is 4.31. The quantitative estimate of drug-likeness (QED) is 0.789. The van der Waals surface area contributed by atoms with Gasteiger partial charge in [-0.15, -0.1) is 0 Å². The molecule has 0 aliphatic heterocycles. The van der Waals surface area contributed by atoms with E-state index in [-0.39, 0.29) is 17.9 Å². The molecule has 1 aliphatic rings. The minimum absolute atomic E-state index is 0.110. The van der Waals surface area contributed by atoms with E-state index < -0.39 is 5.41 Å². The topological polar surface area (TPSA) is 58.2 Å². The lowest BCUT2D eigenvalue weighted by atomic mass is 10.0. The van der Waals surface area contributed by atoms with Crippen LogP contribution in [-0.2, 0) is 16.1 Å². The molecule has 1 fully saturated rings. The van der Waals surface area contributed by atoms with Crippen LogP contribution in [0.3, 0.4) is 0 Å². The van der Waals surface area contributed by atoms with Gasteiger partial charge in [0.15, 0.2) is 0 Å². The Morgan fingerprint density at radius 1 is 1.24 bits per heavy atom. The summed E-state index contributed by atoms with van der Waals surface area (Å²) >= 11 is 0. The summed E-state index contributed by atoms with van der Waals surface area (Å²) in [6.07, 6.45) is 2.16. The first-order valence-corrected chi connectivity index (χ1v) is 7.63. The molecule has 0 bridgehead atoms. The Morgan fingerprint density at radius 2 is 1.90 bits per heavy atom. The number of nitrogens with one attached hydrogen (secondary N) is 2. The first-order chi connectivity index (χ1) is 9.99. The zero-order valence-corrected chi connectivity index (χ0v) is 13.0. The third-order valence-electron chi connectivity index (χ3n) is 4.31. The zero-order chi connectivity index (χ0) is 15.5. The predicted molar refractivity (Wildman–Crippen MR) is 82.6 cm³/mol. The Morgan fingerprint density at radius 3 is 2.48 bits per heavy atom. The number of carbonyl (C=O) groups is 2. The highest BCUT2D eigenvalue weighted by Crippen LogP contribution is 2.46. The van der Waals surface area contributed by atoms with E-state index >= 15 is 0 Å². The van der Waals surface area contributed by atoms with Crippen LogP contribution in [0.4, 0.5) is 0 Å². The van der Waals surface area contributed by atoms with Gasteiger partial charge in [-0.25, -0.2) is 0 Å². The molecule has 1 aromatic carbocycles. The van der Waals surface area contributed by atoms with Gasteiger partial charge in [0, 0.05) is 12.6 Å². The molecule has 114 valence electrons. The summed E-state index contributed by atoms with van der Waals surface area (Å²) in [5, 5.41) is 5.84. The second kappa shape index (κ2) is 6.29. The average molecular weight is 288 g/mol. The van der Waals surface area contributed by atoms with Crippen LogP contribution in [0.2, 0.25) is 0 Å². The highest BCUT2D eigenvalue weighted by Gasteiger charge is 2.56. The number of hydrogen-bond donors (Lipinski definition) is 2. The highest BCUT2D eigenvalue weighted by molar-refractivity contribution is 6.07. The molecule has 1 saturated carbocycles. The van der Waals surface area contributed by atoms with Crippen molar-refractivity contribution in [2.75, 3.05) is 0 Å². The van der Waals surface area contributed by atoms with Crippen LogP contribution in [0.25, 0.3) is 0 Å². The smallest absolute Gasteiger partial charge is 0.235 e. The summed E-state index contributed by atoms with van der Waals surface area (Å²) in [5.74, 6) is -0.273. The SMILES string of the molecule is CCC(C)NC(=O)C1(C(=O)NCc2ccccc2C)CC1. The summed E-state index contributed by atoms with van der Waals surface area (Å²) in [6.45, 7) is 6.47. The van der Waals surface area contributed by atoms with Crippen molar-refractivity contribution in [3.63, 3.8) is 0 Å². The molecular formula is C17H24N2O2. The molecule has 0 aromatic heterocycles. The Kier molecular flexibility index (Phi) is 4.66. The fourth-order valence-electron chi connectivity index (χ4n) is 2.30. The van der Waals surface area contributed by atoms with Crippen molar-refractivity contribution in [3.05, 3.63) is 35.4 Å². The molecule has 1 aromatic rings. The molecule has 2 amide bonds. The van der Waals surface area contributed by atoms with Crippen molar-refractivity contribution in [2.24, 2.45) is 5.41 Å². The van der Waals surface area contributed by atoms with Crippen LogP contribution < -0.4 is 10.6 Å². The van der Waals surface area contributed by atoms with E-state index in [2.05, 4.69) is 10.6 Å².